The van der Waals surface area contributed by atoms with Gasteiger partial charge in [-0.2, -0.15) is 0 Å². The highest BCUT2D eigenvalue weighted by molar-refractivity contribution is 5.98. The number of methoxy groups -OCH3 is 1. The number of carbonyl (C=O) groups is 1. The normalized spacial score (nSPS) is 11.5. The van der Waals surface area contributed by atoms with Crippen LogP contribution in [0.15, 0.2) is 60.7 Å². The van der Waals surface area contributed by atoms with Crippen molar-refractivity contribution in [2.24, 2.45) is 0 Å². The number of unbranched alkanes of at least 4 members (excludes halogenated alkanes) is 9. The van der Waals surface area contributed by atoms with E-state index in [-0.39, 0.29) is 5.97 Å². The molecule has 0 aliphatic rings. The average Bonchev–Trinajstić information content (AvgIpc) is 2.80. The molecule has 0 heterocycles. The summed E-state index contributed by atoms with van der Waals surface area (Å²) in [7, 11) is 1.46. The molecule has 2 heteroatoms. The van der Waals surface area contributed by atoms with Crippen molar-refractivity contribution < 1.29 is 9.53 Å². The van der Waals surface area contributed by atoms with Crippen LogP contribution in [0.1, 0.15) is 76.2 Å². The Kier molecular flexibility index (Phi) is 9.63. The third-order valence-corrected chi connectivity index (χ3v) is 6.02. The molecule has 0 atom stereocenters. The molecule has 0 aromatic heterocycles. The minimum Gasteiger partial charge on any atom is -0.469 e. The van der Waals surface area contributed by atoms with E-state index >= 15 is 0 Å². The second-order valence-corrected chi connectivity index (χ2v) is 8.51. The Balaban J connectivity index is 1.28. The number of carbonyl (C=O) groups excluding carboxylic acids is 1. The number of esters is 1. The fraction of sp³-hybridized carbons (Fsp3) is 0.414. The summed E-state index contributed by atoms with van der Waals surface area (Å²) in [4.78, 5) is 11.0. The molecule has 0 N–H and O–H groups in total. The molecular formula is C29H36O2. The van der Waals surface area contributed by atoms with Crippen LogP contribution in [-0.2, 0) is 9.53 Å². The maximum absolute atomic E-state index is 11.0. The molecule has 2 nitrogen and oxygen atoms in total. The van der Waals surface area contributed by atoms with E-state index in [2.05, 4.69) is 71.5 Å². The van der Waals surface area contributed by atoms with Gasteiger partial charge < -0.3 is 4.74 Å². The monoisotopic (exact) mass is 416 g/mol. The zero-order valence-corrected chi connectivity index (χ0v) is 18.9. The largest absolute Gasteiger partial charge is 0.469 e. The highest BCUT2D eigenvalue weighted by atomic mass is 16.5. The van der Waals surface area contributed by atoms with Crippen molar-refractivity contribution in [2.75, 3.05) is 7.11 Å². The van der Waals surface area contributed by atoms with Crippen LogP contribution in [0.25, 0.3) is 27.6 Å². The van der Waals surface area contributed by atoms with Gasteiger partial charge in [0.1, 0.15) is 0 Å². The minimum absolute atomic E-state index is 0.0803. The number of ether oxygens (including phenoxy) is 1. The molecule has 0 fully saturated rings. The van der Waals surface area contributed by atoms with Gasteiger partial charge in [0.15, 0.2) is 0 Å². The lowest BCUT2D eigenvalue weighted by Crippen LogP contribution is -1.99. The van der Waals surface area contributed by atoms with Gasteiger partial charge in [0.2, 0.25) is 0 Å². The predicted molar refractivity (Wildman–Crippen MR) is 133 cm³/mol. The zero-order valence-electron chi connectivity index (χ0n) is 18.9. The van der Waals surface area contributed by atoms with Gasteiger partial charge >= 0.3 is 5.97 Å². The number of benzene rings is 3. The van der Waals surface area contributed by atoms with Crippen LogP contribution >= 0.6 is 0 Å². The van der Waals surface area contributed by atoms with Gasteiger partial charge in [-0.15, -0.1) is 0 Å². The Bertz CT molecular complexity index is 986. The van der Waals surface area contributed by atoms with Crippen molar-refractivity contribution in [3.8, 4) is 0 Å². The number of hydrogen-bond acceptors (Lipinski definition) is 2. The van der Waals surface area contributed by atoms with Gasteiger partial charge in [-0.1, -0.05) is 93.5 Å². The second kappa shape index (κ2) is 12.9. The molecule has 3 aromatic carbocycles. The Morgan fingerprint density at radius 2 is 1.29 bits per heavy atom. The predicted octanol–water partition coefficient (Wildman–Crippen LogP) is 8.47. The van der Waals surface area contributed by atoms with Crippen molar-refractivity contribution >= 4 is 33.6 Å². The number of rotatable bonds is 13. The topological polar surface area (TPSA) is 26.3 Å². The van der Waals surface area contributed by atoms with Crippen LogP contribution in [0.2, 0.25) is 0 Å². The van der Waals surface area contributed by atoms with E-state index in [9.17, 15) is 4.79 Å². The second-order valence-electron chi connectivity index (χ2n) is 8.51. The SMILES string of the molecule is COC(=O)CCCCCCCCCCC/C=C/c1ccc2cc3ccccc3cc2c1. The van der Waals surface area contributed by atoms with Crippen molar-refractivity contribution in [3.63, 3.8) is 0 Å². The lowest BCUT2D eigenvalue weighted by molar-refractivity contribution is -0.140. The minimum atomic E-state index is -0.0803. The third kappa shape index (κ3) is 7.86. The van der Waals surface area contributed by atoms with Crippen LogP contribution in [0.3, 0.4) is 0 Å². The summed E-state index contributed by atoms with van der Waals surface area (Å²) in [5.41, 5.74) is 1.29. The summed E-state index contributed by atoms with van der Waals surface area (Å²) in [6.07, 6.45) is 17.5. The van der Waals surface area contributed by atoms with E-state index in [1.54, 1.807) is 0 Å². The summed E-state index contributed by atoms with van der Waals surface area (Å²) < 4.78 is 4.66. The molecule has 0 unspecified atom stereocenters. The quantitative estimate of drug-likeness (QED) is 0.159. The van der Waals surface area contributed by atoms with E-state index in [1.165, 1.54) is 79.2 Å². The van der Waals surface area contributed by atoms with E-state index < -0.39 is 0 Å². The van der Waals surface area contributed by atoms with E-state index in [0.717, 1.165) is 19.3 Å². The number of hydrogen-bond donors (Lipinski definition) is 0. The summed E-state index contributed by atoms with van der Waals surface area (Å²) in [5, 5.41) is 5.22. The molecule has 31 heavy (non-hydrogen) atoms. The van der Waals surface area contributed by atoms with Crippen molar-refractivity contribution in [1.29, 1.82) is 0 Å². The molecule has 0 radical (unpaired) electrons. The average molecular weight is 417 g/mol. The van der Waals surface area contributed by atoms with Gasteiger partial charge in [-0.05, 0) is 64.6 Å². The molecule has 0 spiro atoms. The Labute approximate surface area is 187 Å². The van der Waals surface area contributed by atoms with Gasteiger partial charge in [-0.3, -0.25) is 4.79 Å². The Hall–Kier alpha value is -2.61. The Morgan fingerprint density at radius 1 is 0.710 bits per heavy atom. The van der Waals surface area contributed by atoms with Crippen LogP contribution in [0.4, 0.5) is 0 Å². The first kappa shape index (κ1) is 23.1. The lowest BCUT2D eigenvalue weighted by Gasteiger charge is -2.04. The first-order chi connectivity index (χ1) is 15.3. The first-order valence-corrected chi connectivity index (χ1v) is 11.9. The fourth-order valence-electron chi connectivity index (χ4n) is 4.15. The van der Waals surface area contributed by atoms with Gasteiger partial charge in [-0.25, -0.2) is 0 Å². The van der Waals surface area contributed by atoms with Crippen LogP contribution in [-0.4, -0.2) is 13.1 Å². The molecule has 0 bridgehead atoms. The first-order valence-electron chi connectivity index (χ1n) is 11.9. The maximum Gasteiger partial charge on any atom is 0.305 e. The molecule has 0 aliphatic carbocycles. The smallest absolute Gasteiger partial charge is 0.305 e. The summed E-state index contributed by atoms with van der Waals surface area (Å²) in [5.74, 6) is -0.0803. The van der Waals surface area contributed by atoms with Crippen molar-refractivity contribution in [3.05, 3.63) is 66.2 Å². The zero-order chi connectivity index (χ0) is 21.7. The van der Waals surface area contributed by atoms with Gasteiger partial charge in [0, 0.05) is 6.42 Å². The van der Waals surface area contributed by atoms with Gasteiger partial charge in [0.25, 0.3) is 0 Å². The van der Waals surface area contributed by atoms with Gasteiger partial charge in [0.05, 0.1) is 7.11 Å². The highest BCUT2D eigenvalue weighted by Crippen LogP contribution is 2.24. The van der Waals surface area contributed by atoms with E-state index in [4.69, 9.17) is 0 Å². The van der Waals surface area contributed by atoms with E-state index in [1.807, 2.05) is 0 Å². The van der Waals surface area contributed by atoms with Crippen LogP contribution < -0.4 is 0 Å². The summed E-state index contributed by atoms with van der Waals surface area (Å²) in [6.45, 7) is 0. The van der Waals surface area contributed by atoms with Crippen molar-refractivity contribution in [1.82, 2.24) is 0 Å². The molecule has 0 amide bonds. The molecule has 164 valence electrons. The van der Waals surface area contributed by atoms with E-state index in [0.29, 0.717) is 6.42 Å². The number of fused-ring (bicyclic) bond motifs is 2. The molecule has 0 saturated heterocycles. The molecular weight excluding hydrogens is 380 g/mol. The van der Waals surface area contributed by atoms with Crippen LogP contribution in [0, 0.1) is 0 Å². The lowest BCUT2D eigenvalue weighted by atomic mass is 10.0. The summed E-state index contributed by atoms with van der Waals surface area (Å²) in [6, 6.07) is 19.9. The number of allylic oxidation sites excluding steroid dienone is 1. The third-order valence-electron chi connectivity index (χ3n) is 6.02. The molecule has 3 aromatic rings. The maximum atomic E-state index is 11.0. The molecule has 3 rings (SSSR count). The fourth-order valence-corrected chi connectivity index (χ4v) is 4.15. The standard InChI is InChI=1S/C29H36O2/c1-31-29(30)18-12-10-8-6-4-2-3-5-7-9-11-15-24-19-20-27-22-25-16-13-14-17-26(25)23-28(27)21-24/h11,13-17,19-23H,2-10,12,18H2,1H3/b15-11+. The van der Waals surface area contributed by atoms with Crippen LogP contribution in [0.5, 0.6) is 0 Å². The Morgan fingerprint density at radius 3 is 1.97 bits per heavy atom. The summed E-state index contributed by atoms with van der Waals surface area (Å²) >= 11 is 0. The molecule has 0 aliphatic heterocycles. The highest BCUT2D eigenvalue weighted by Gasteiger charge is 2.00. The van der Waals surface area contributed by atoms with Crippen molar-refractivity contribution in [2.45, 2.75) is 70.6 Å². The molecule has 0 saturated carbocycles.